The lowest BCUT2D eigenvalue weighted by atomic mass is 10.2. The van der Waals surface area contributed by atoms with E-state index in [-0.39, 0.29) is 5.91 Å². The van der Waals surface area contributed by atoms with Gasteiger partial charge in [0.1, 0.15) is 0 Å². The lowest BCUT2D eigenvalue weighted by Gasteiger charge is -2.25. The van der Waals surface area contributed by atoms with Gasteiger partial charge in [-0.3, -0.25) is 4.79 Å². The van der Waals surface area contributed by atoms with Gasteiger partial charge in [0, 0.05) is 36.7 Å². The highest BCUT2D eigenvalue weighted by Gasteiger charge is 2.21. The largest absolute Gasteiger partial charge is 0.369 e. The third kappa shape index (κ3) is 3.78. The zero-order valence-electron chi connectivity index (χ0n) is 14.7. The van der Waals surface area contributed by atoms with Gasteiger partial charge in [-0.05, 0) is 38.8 Å². The van der Waals surface area contributed by atoms with E-state index >= 15 is 0 Å². The minimum atomic E-state index is 0.230. The Morgan fingerprint density at radius 2 is 1.92 bits per heavy atom. The Bertz CT molecular complexity index is 725. The summed E-state index contributed by atoms with van der Waals surface area (Å²) in [6.07, 6.45) is 1.50. The van der Waals surface area contributed by atoms with E-state index in [2.05, 4.69) is 41.1 Å². The van der Waals surface area contributed by atoms with Gasteiger partial charge in [0.25, 0.3) is 0 Å². The maximum Gasteiger partial charge on any atom is 0.227 e. The van der Waals surface area contributed by atoms with Crippen LogP contribution in [-0.2, 0) is 11.2 Å². The molecule has 1 fully saturated rings. The number of para-hydroxylation sites is 1. The molecule has 5 heteroatoms. The molecule has 0 aliphatic carbocycles. The first kappa shape index (κ1) is 17.0. The number of thiazole rings is 1. The number of anilines is 1. The maximum absolute atomic E-state index is 12.7. The summed E-state index contributed by atoms with van der Waals surface area (Å²) in [6, 6.07) is 8.49. The number of hydrogen-bond acceptors (Lipinski definition) is 4. The first-order chi connectivity index (χ1) is 11.5. The van der Waals surface area contributed by atoms with E-state index in [9.17, 15) is 4.79 Å². The summed E-state index contributed by atoms with van der Waals surface area (Å²) < 4.78 is 0. The molecule has 0 spiro atoms. The SMILES string of the molecule is Cc1nc(C)c(CC(=O)N2CCCN(c3ccccc3C)CC2)s1. The quantitative estimate of drug-likeness (QED) is 0.857. The standard InChI is InChI=1S/C19H25N3OS/c1-14-7-4-5-8-17(14)21-9-6-10-22(12-11-21)19(23)13-18-15(2)20-16(3)24-18/h4-5,7-8H,6,9-13H2,1-3H3. The van der Waals surface area contributed by atoms with Gasteiger partial charge < -0.3 is 9.80 Å². The second kappa shape index (κ2) is 7.34. The molecule has 0 N–H and O–H groups in total. The summed E-state index contributed by atoms with van der Waals surface area (Å²) in [5.74, 6) is 0.230. The first-order valence-corrected chi connectivity index (χ1v) is 9.37. The van der Waals surface area contributed by atoms with Crippen LogP contribution in [-0.4, -0.2) is 42.0 Å². The Morgan fingerprint density at radius 1 is 1.12 bits per heavy atom. The van der Waals surface area contributed by atoms with E-state index in [1.54, 1.807) is 11.3 Å². The number of aryl methyl sites for hydroxylation is 3. The smallest absolute Gasteiger partial charge is 0.227 e. The predicted molar refractivity (Wildman–Crippen MR) is 99.9 cm³/mol. The molecule has 24 heavy (non-hydrogen) atoms. The van der Waals surface area contributed by atoms with Crippen LogP contribution in [0.4, 0.5) is 5.69 Å². The fraction of sp³-hybridized carbons (Fsp3) is 0.474. The van der Waals surface area contributed by atoms with Crippen LogP contribution in [0.2, 0.25) is 0 Å². The molecular weight excluding hydrogens is 318 g/mol. The number of carbonyl (C=O) groups is 1. The van der Waals surface area contributed by atoms with Crippen molar-refractivity contribution in [1.29, 1.82) is 0 Å². The predicted octanol–water partition coefficient (Wildman–Crippen LogP) is 3.35. The van der Waals surface area contributed by atoms with Crippen molar-refractivity contribution in [3.05, 3.63) is 45.4 Å². The van der Waals surface area contributed by atoms with E-state index in [1.165, 1.54) is 11.3 Å². The van der Waals surface area contributed by atoms with Gasteiger partial charge in [0.05, 0.1) is 17.1 Å². The molecule has 4 nitrogen and oxygen atoms in total. The van der Waals surface area contributed by atoms with E-state index < -0.39 is 0 Å². The van der Waals surface area contributed by atoms with Crippen LogP contribution in [0.15, 0.2) is 24.3 Å². The number of rotatable bonds is 3. The van der Waals surface area contributed by atoms with Crippen molar-refractivity contribution in [2.45, 2.75) is 33.6 Å². The summed E-state index contributed by atoms with van der Waals surface area (Å²) in [6.45, 7) is 9.69. The molecule has 2 heterocycles. The topological polar surface area (TPSA) is 36.4 Å². The van der Waals surface area contributed by atoms with Gasteiger partial charge in [-0.25, -0.2) is 4.98 Å². The van der Waals surface area contributed by atoms with E-state index in [1.807, 2.05) is 18.7 Å². The summed E-state index contributed by atoms with van der Waals surface area (Å²) >= 11 is 1.64. The van der Waals surface area contributed by atoms with Gasteiger partial charge in [-0.15, -0.1) is 11.3 Å². The molecule has 0 bridgehead atoms. The first-order valence-electron chi connectivity index (χ1n) is 8.56. The molecule has 0 saturated carbocycles. The van der Waals surface area contributed by atoms with Crippen molar-refractivity contribution in [2.75, 3.05) is 31.1 Å². The molecule has 1 aromatic heterocycles. The molecule has 3 rings (SSSR count). The second-order valence-corrected chi connectivity index (χ2v) is 7.71. The van der Waals surface area contributed by atoms with Crippen molar-refractivity contribution in [3.8, 4) is 0 Å². The highest BCUT2D eigenvalue weighted by Crippen LogP contribution is 2.22. The maximum atomic E-state index is 12.7. The lowest BCUT2D eigenvalue weighted by Crippen LogP contribution is -2.36. The Balaban J connectivity index is 1.64. The lowest BCUT2D eigenvalue weighted by molar-refractivity contribution is -0.130. The molecule has 1 aliphatic rings. The fourth-order valence-electron chi connectivity index (χ4n) is 3.31. The van der Waals surface area contributed by atoms with E-state index in [0.29, 0.717) is 6.42 Å². The van der Waals surface area contributed by atoms with Gasteiger partial charge >= 0.3 is 0 Å². The van der Waals surface area contributed by atoms with Gasteiger partial charge in [0.15, 0.2) is 0 Å². The zero-order valence-corrected chi connectivity index (χ0v) is 15.5. The van der Waals surface area contributed by atoms with E-state index in [0.717, 1.165) is 48.2 Å². The van der Waals surface area contributed by atoms with Crippen LogP contribution in [0.1, 0.15) is 27.6 Å². The Labute approximate surface area is 148 Å². The number of benzene rings is 1. The van der Waals surface area contributed by atoms with Crippen LogP contribution in [0.3, 0.4) is 0 Å². The highest BCUT2D eigenvalue weighted by atomic mass is 32.1. The Hall–Kier alpha value is -1.88. The van der Waals surface area contributed by atoms with Crippen molar-refractivity contribution in [2.24, 2.45) is 0 Å². The van der Waals surface area contributed by atoms with Gasteiger partial charge in [0.2, 0.25) is 5.91 Å². The van der Waals surface area contributed by atoms with Crippen molar-refractivity contribution in [3.63, 3.8) is 0 Å². The molecule has 0 atom stereocenters. The van der Waals surface area contributed by atoms with Crippen LogP contribution in [0, 0.1) is 20.8 Å². The molecule has 1 saturated heterocycles. The molecule has 0 radical (unpaired) electrons. The van der Waals surface area contributed by atoms with Crippen LogP contribution >= 0.6 is 11.3 Å². The minimum Gasteiger partial charge on any atom is -0.369 e. The number of nitrogens with zero attached hydrogens (tertiary/aromatic N) is 3. The molecule has 1 amide bonds. The normalized spacial score (nSPS) is 15.5. The Kier molecular flexibility index (Phi) is 5.19. The molecule has 1 aliphatic heterocycles. The average molecular weight is 343 g/mol. The number of aromatic nitrogens is 1. The third-order valence-electron chi connectivity index (χ3n) is 4.62. The Morgan fingerprint density at radius 3 is 2.62 bits per heavy atom. The molecule has 2 aromatic rings. The second-order valence-electron chi connectivity index (χ2n) is 6.43. The van der Waals surface area contributed by atoms with Crippen LogP contribution in [0.5, 0.6) is 0 Å². The number of hydrogen-bond donors (Lipinski definition) is 0. The molecular formula is C19H25N3OS. The number of amides is 1. The van der Waals surface area contributed by atoms with Crippen molar-refractivity contribution >= 4 is 22.9 Å². The highest BCUT2D eigenvalue weighted by molar-refractivity contribution is 7.11. The summed E-state index contributed by atoms with van der Waals surface area (Å²) in [5, 5.41) is 1.04. The van der Waals surface area contributed by atoms with Crippen molar-refractivity contribution < 1.29 is 4.79 Å². The third-order valence-corrected chi connectivity index (χ3v) is 5.69. The van der Waals surface area contributed by atoms with Crippen molar-refractivity contribution in [1.82, 2.24) is 9.88 Å². The van der Waals surface area contributed by atoms with Crippen LogP contribution in [0.25, 0.3) is 0 Å². The number of carbonyl (C=O) groups excluding carboxylic acids is 1. The van der Waals surface area contributed by atoms with Gasteiger partial charge in [-0.1, -0.05) is 18.2 Å². The molecule has 0 unspecified atom stereocenters. The fourth-order valence-corrected chi connectivity index (χ4v) is 4.24. The zero-order chi connectivity index (χ0) is 17.1. The van der Waals surface area contributed by atoms with Crippen LogP contribution < -0.4 is 4.90 Å². The average Bonchev–Trinajstić information content (AvgIpc) is 2.76. The summed E-state index contributed by atoms with van der Waals surface area (Å²) in [4.78, 5) is 22.6. The summed E-state index contributed by atoms with van der Waals surface area (Å²) in [7, 11) is 0. The van der Waals surface area contributed by atoms with E-state index in [4.69, 9.17) is 0 Å². The van der Waals surface area contributed by atoms with Gasteiger partial charge in [-0.2, -0.15) is 0 Å². The molecule has 128 valence electrons. The minimum absolute atomic E-state index is 0.230. The monoisotopic (exact) mass is 343 g/mol. The summed E-state index contributed by atoms with van der Waals surface area (Å²) in [5.41, 5.74) is 3.59. The molecule has 1 aromatic carbocycles.